The zero-order valence-corrected chi connectivity index (χ0v) is 14.5. The van der Waals surface area contributed by atoms with Crippen LogP contribution in [0, 0.1) is 5.82 Å². The normalized spacial score (nSPS) is 11.4. The number of fused-ring (bicyclic) bond motifs is 1. The molecule has 11 heteroatoms. The highest BCUT2D eigenvalue weighted by Crippen LogP contribution is 2.27. The minimum Gasteiger partial charge on any atom is -0.406 e. The van der Waals surface area contributed by atoms with Crippen LogP contribution < -0.4 is 15.4 Å². The Morgan fingerprint density at radius 3 is 2.62 bits per heavy atom. The monoisotopic (exact) mass is 404 g/mol. The average molecular weight is 404 g/mol. The van der Waals surface area contributed by atoms with Gasteiger partial charge in [-0.1, -0.05) is 6.07 Å². The van der Waals surface area contributed by atoms with Gasteiger partial charge in [-0.15, -0.1) is 13.2 Å². The van der Waals surface area contributed by atoms with E-state index in [0.29, 0.717) is 5.69 Å². The van der Waals surface area contributed by atoms with Crippen LogP contribution in [0.1, 0.15) is 0 Å². The molecule has 0 fully saturated rings. The van der Waals surface area contributed by atoms with Gasteiger partial charge in [0, 0.05) is 22.8 Å². The van der Waals surface area contributed by atoms with Gasteiger partial charge in [0.1, 0.15) is 5.75 Å². The van der Waals surface area contributed by atoms with Crippen LogP contribution in [0.4, 0.5) is 40.7 Å². The minimum atomic E-state index is -4.83. The van der Waals surface area contributed by atoms with Gasteiger partial charge in [-0.2, -0.15) is 10.1 Å². The number of hydrogen-bond donors (Lipinski definition) is 3. The highest BCUT2D eigenvalue weighted by molar-refractivity contribution is 5.82. The van der Waals surface area contributed by atoms with Crippen molar-refractivity contribution >= 4 is 34.0 Å². The first kappa shape index (κ1) is 18.5. The standard InChI is InChI=1S/C18H12F4N6O/c19-14-9-23-17(26-12-5-4-10-8-24-28-15(10)7-12)27-16(14)25-11-2-1-3-13(6-11)29-18(20,21)22/h1-9H,(H,24,28)(H2,23,25,26,27). The van der Waals surface area contributed by atoms with Gasteiger partial charge in [-0.3, -0.25) is 5.10 Å². The molecule has 0 saturated carbocycles. The molecule has 0 spiro atoms. The summed E-state index contributed by atoms with van der Waals surface area (Å²) in [6.45, 7) is 0. The third-order valence-corrected chi connectivity index (χ3v) is 3.77. The summed E-state index contributed by atoms with van der Waals surface area (Å²) in [6, 6.07) is 10.4. The van der Waals surface area contributed by atoms with Gasteiger partial charge < -0.3 is 15.4 Å². The second-order valence-electron chi connectivity index (χ2n) is 5.89. The maximum Gasteiger partial charge on any atom is 0.573 e. The van der Waals surface area contributed by atoms with Crippen molar-refractivity contribution in [2.75, 3.05) is 10.6 Å². The Morgan fingerprint density at radius 1 is 0.966 bits per heavy atom. The van der Waals surface area contributed by atoms with E-state index < -0.39 is 17.9 Å². The van der Waals surface area contributed by atoms with E-state index in [9.17, 15) is 17.6 Å². The van der Waals surface area contributed by atoms with Gasteiger partial charge >= 0.3 is 6.36 Å². The molecule has 3 N–H and O–H groups in total. The van der Waals surface area contributed by atoms with E-state index in [1.807, 2.05) is 6.07 Å². The second kappa shape index (κ2) is 7.26. The minimum absolute atomic E-state index is 0.0930. The smallest absolute Gasteiger partial charge is 0.406 e. The van der Waals surface area contributed by atoms with Crippen LogP contribution in [-0.4, -0.2) is 26.5 Å². The third kappa shape index (κ3) is 4.51. The number of ether oxygens (including phenoxy) is 1. The fraction of sp³-hybridized carbons (Fsp3) is 0.0556. The van der Waals surface area contributed by atoms with Crippen LogP contribution in [0.2, 0.25) is 0 Å². The first-order valence-electron chi connectivity index (χ1n) is 8.21. The van der Waals surface area contributed by atoms with Crippen LogP contribution in [0.3, 0.4) is 0 Å². The Bertz CT molecular complexity index is 1160. The predicted octanol–water partition coefficient (Wildman–Crippen LogP) is 4.88. The van der Waals surface area contributed by atoms with Crippen LogP contribution >= 0.6 is 0 Å². The number of halogens is 4. The van der Waals surface area contributed by atoms with Gasteiger partial charge in [0.25, 0.3) is 0 Å². The molecule has 29 heavy (non-hydrogen) atoms. The number of anilines is 4. The van der Waals surface area contributed by atoms with Crippen molar-refractivity contribution in [2.45, 2.75) is 6.36 Å². The molecule has 2 heterocycles. The van der Waals surface area contributed by atoms with E-state index in [-0.39, 0.29) is 17.5 Å². The fourth-order valence-corrected chi connectivity index (χ4v) is 2.57. The zero-order chi connectivity index (χ0) is 20.4. The number of nitrogens with one attached hydrogen (secondary N) is 3. The second-order valence-corrected chi connectivity index (χ2v) is 5.89. The SMILES string of the molecule is Fc1cnc(Nc2ccc3cn[nH]c3c2)nc1Nc1cccc(OC(F)(F)F)c1. The Morgan fingerprint density at radius 2 is 1.79 bits per heavy atom. The van der Waals surface area contributed by atoms with Crippen molar-refractivity contribution < 1.29 is 22.3 Å². The summed E-state index contributed by atoms with van der Waals surface area (Å²) in [6.07, 6.45) is -2.21. The third-order valence-electron chi connectivity index (χ3n) is 3.77. The van der Waals surface area contributed by atoms with E-state index in [2.05, 4.69) is 35.5 Å². The Balaban J connectivity index is 1.54. The number of alkyl halides is 3. The summed E-state index contributed by atoms with van der Waals surface area (Å²) in [5.74, 6) is -1.34. The summed E-state index contributed by atoms with van der Waals surface area (Å²) in [7, 11) is 0. The fourth-order valence-electron chi connectivity index (χ4n) is 2.57. The van der Waals surface area contributed by atoms with Crippen LogP contribution in [0.15, 0.2) is 54.9 Å². The average Bonchev–Trinajstić information content (AvgIpc) is 3.11. The summed E-state index contributed by atoms with van der Waals surface area (Å²) in [5, 5.41) is 13.2. The quantitative estimate of drug-likeness (QED) is 0.411. The molecular formula is C18H12F4N6O. The van der Waals surface area contributed by atoms with Crippen molar-refractivity contribution in [3.8, 4) is 5.75 Å². The molecule has 2 aromatic carbocycles. The molecule has 0 amide bonds. The van der Waals surface area contributed by atoms with Crippen molar-refractivity contribution in [1.29, 1.82) is 0 Å². The summed E-state index contributed by atoms with van der Waals surface area (Å²) < 4.78 is 55.0. The van der Waals surface area contributed by atoms with Gasteiger partial charge in [0.05, 0.1) is 17.9 Å². The highest BCUT2D eigenvalue weighted by Gasteiger charge is 2.31. The van der Waals surface area contributed by atoms with Crippen LogP contribution in [0.25, 0.3) is 10.9 Å². The number of hydrogen-bond acceptors (Lipinski definition) is 6. The van der Waals surface area contributed by atoms with Crippen LogP contribution in [0.5, 0.6) is 5.75 Å². The van der Waals surface area contributed by atoms with Crippen molar-refractivity contribution in [2.24, 2.45) is 0 Å². The molecule has 0 aliphatic rings. The van der Waals surface area contributed by atoms with Gasteiger partial charge in [0.15, 0.2) is 11.6 Å². The zero-order valence-electron chi connectivity index (χ0n) is 14.5. The molecule has 4 aromatic rings. The molecule has 0 aliphatic carbocycles. The Hall–Kier alpha value is -3.89. The number of aromatic amines is 1. The van der Waals surface area contributed by atoms with Gasteiger partial charge in [-0.05, 0) is 30.3 Å². The number of benzene rings is 2. The summed E-state index contributed by atoms with van der Waals surface area (Å²) >= 11 is 0. The molecule has 0 unspecified atom stereocenters. The molecule has 0 radical (unpaired) electrons. The van der Waals surface area contributed by atoms with Crippen molar-refractivity contribution in [3.63, 3.8) is 0 Å². The Labute approximate surface area is 160 Å². The van der Waals surface area contributed by atoms with E-state index in [1.165, 1.54) is 12.1 Å². The number of nitrogens with zero attached hydrogens (tertiary/aromatic N) is 3. The molecule has 0 atom stereocenters. The molecule has 0 aliphatic heterocycles. The molecule has 148 valence electrons. The molecule has 2 aromatic heterocycles. The highest BCUT2D eigenvalue weighted by atomic mass is 19.4. The molecule has 0 saturated heterocycles. The predicted molar refractivity (Wildman–Crippen MR) is 97.8 cm³/mol. The maximum atomic E-state index is 14.1. The summed E-state index contributed by atoms with van der Waals surface area (Å²) in [5.41, 5.74) is 1.59. The van der Waals surface area contributed by atoms with E-state index >= 15 is 0 Å². The lowest BCUT2D eigenvalue weighted by Crippen LogP contribution is -2.17. The van der Waals surface area contributed by atoms with Gasteiger partial charge in [-0.25, -0.2) is 9.37 Å². The molecule has 4 rings (SSSR count). The number of rotatable bonds is 5. The van der Waals surface area contributed by atoms with Crippen molar-refractivity contribution in [1.82, 2.24) is 20.2 Å². The lowest BCUT2D eigenvalue weighted by atomic mass is 10.2. The van der Waals surface area contributed by atoms with E-state index in [4.69, 9.17) is 0 Å². The first-order valence-corrected chi connectivity index (χ1v) is 8.21. The lowest BCUT2D eigenvalue weighted by molar-refractivity contribution is -0.274. The van der Waals surface area contributed by atoms with E-state index in [0.717, 1.165) is 29.2 Å². The van der Waals surface area contributed by atoms with Gasteiger partial charge in [0.2, 0.25) is 5.95 Å². The first-order chi connectivity index (χ1) is 13.9. The van der Waals surface area contributed by atoms with Crippen molar-refractivity contribution in [3.05, 3.63) is 60.7 Å². The van der Waals surface area contributed by atoms with E-state index in [1.54, 1.807) is 18.3 Å². The Kier molecular flexibility index (Phi) is 4.63. The van der Waals surface area contributed by atoms with Crippen LogP contribution in [-0.2, 0) is 0 Å². The molecule has 0 bridgehead atoms. The summed E-state index contributed by atoms with van der Waals surface area (Å²) in [4.78, 5) is 7.91. The largest absolute Gasteiger partial charge is 0.573 e. The topological polar surface area (TPSA) is 87.8 Å². The molecular weight excluding hydrogens is 392 g/mol. The lowest BCUT2D eigenvalue weighted by Gasteiger charge is -2.12. The number of H-pyrrole nitrogens is 1. The maximum absolute atomic E-state index is 14.1. The molecule has 7 nitrogen and oxygen atoms in total. The number of aromatic nitrogens is 4.